The molecular weight excluding hydrogens is 226 g/mol. The first-order valence-electron chi connectivity index (χ1n) is 5.96. The van der Waals surface area contributed by atoms with Gasteiger partial charge in [-0.2, -0.15) is 0 Å². The Morgan fingerprint density at radius 1 is 1.33 bits per heavy atom. The monoisotopic (exact) mass is 247 g/mol. The second kappa shape index (κ2) is 5.25. The van der Waals surface area contributed by atoms with Gasteiger partial charge in [-0.05, 0) is 51.8 Å². The molecular formula is C15H21NO2. The second-order valence-corrected chi connectivity index (χ2v) is 5.38. The van der Waals surface area contributed by atoms with Gasteiger partial charge in [-0.3, -0.25) is 5.32 Å². The molecule has 0 aliphatic heterocycles. The van der Waals surface area contributed by atoms with Crippen LogP contribution in [0.1, 0.15) is 37.5 Å². The van der Waals surface area contributed by atoms with E-state index >= 15 is 0 Å². The van der Waals surface area contributed by atoms with Gasteiger partial charge >= 0.3 is 6.09 Å². The highest BCUT2D eigenvalue weighted by molar-refractivity contribution is 5.89. The summed E-state index contributed by atoms with van der Waals surface area (Å²) in [5, 5.41) is 2.78. The molecule has 0 saturated carbocycles. The maximum Gasteiger partial charge on any atom is 0.412 e. The van der Waals surface area contributed by atoms with Crippen molar-refractivity contribution in [2.75, 3.05) is 5.32 Å². The predicted molar refractivity (Wildman–Crippen MR) is 75.9 cm³/mol. The molecule has 0 atom stereocenters. The Morgan fingerprint density at radius 3 is 2.44 bits per heavy atom. The molecule has 0 unspecified atom stereocenters. The van der Waals surface area contributed by atoms with Crippen molar-refractivity contribution in [3.63, 3.8) is 0 Å². The molecule has 0 fully saturated rings. The number of ether oxygens (including phenoxy) is 1. The molecule has 3 nitrogen and oxygen atoms in total. The molecule has 0 aliphatic carbocycles. The highest BCUT2D eigenvalue weighted by Crippen LogP contribution is 2.24. The summed E-state index contributed by atoms with van der Waals surface area (Å²) in [6.07, 6.45) is 1.28. The van der Waals surface area contributed by atoms with Crippen LogP contribution in [0.15, 0.2) is 18.7 Å². The zero-order valence-electron chi connectivity index (χ0n) is 11.8. The first-order chi connectivity index (χ1) is 8.23. The summed E-state index contributed by atoms with van der Waals surface area (Å²) in [6.45, 7) is 13.2. The Kier molecular flexibility index (Phi) is 4.17. The molecule has 1 N–H and O–H groups in total. The van der Waals surface area contributed by atoms with Crippen molar-refractivity contribution < 1.29 is 9.53 Å². The van der Waals surface area contributed by atoms with Crippen LogP contribution in [0.3, 0.4) is 0 Å². The van der Waals surface area contributed by atoms with Crippen LogP contribution in [-0.2, 0) is 4.74 Å². The van der Waals surface area contributed by atoms with Crippen LogP contribution in [0.4, 0.5) is 10.5 Å². The van der Waals surface area contributed by atoms with Gasteiger partial charge in [0.15, 0.2) is 0 Å². The van der Waals surface area contributed by atoms with Crippen LogP contribution in [0.25, 0.3) is 6.08 Å². The maximum absolute atomic E-state index is 11.8. The van der Waals surface area contributed by atoms with Crippen molar-refractivity contribution in [1.82, 2.24) is 0 Å². The van der Waals surface area contributed by atoms with E-state index in [0.29, 0.717) is 0 Å². The largest absolute Gasteiger partial charge is 0.444 e. The normalized spacial score (nSPS) is 10.9. The molecule has 1 aromatic carbocycles. The third-order valence-corrected chi connectivity index (χ3v) is 2.36. The van der Waals surface area contributed by atoms with Crippen LogP contribution >= 0.6 is 0 Å². The van der Waals surface area contributed by atoms with E-state index in [9.17, 15) is 4.79 Å². The van der Waals surface area contributed by atoms with Gasteiger partial charge in [-0.1, -0.05) is 24.3 Å². The summed E-state index contributed by atoms with van der Waals surface area (Å²) in [7, 11) is 0. The first kappa shape index (κ1) is 14.3. The van der Waals surface area contributed by atoms with Gasteiger partial charge in [0, 0.05) is 0 Å². The number of carbonyl (C=O) groups excluding carboxylic acids is 1. The summed E-state index contributed by atoms with van der Waals surface area (Å²) in [4.78, 5) is 11.8. The van der Waals surface area contributed by atoms with Gasteiger partial charge in [0.25, 0.3) is 0 Å². The third kappa shape index (κ3) is 3.91. The minimum absolute atomic E-state index is 0.447. The summed E-state index contributed by atoms with van der Waals surface area (Å²) in [5.74, 6) is 0. The van der Waals surface area contributed by atoms with E-state index in [1.165, 1.54) is 0 Å². The van der Waals surface area contributed by atoms with Crippen LogP contribution in [0.2, 0.25) is 0 Å². The molecule has 0 spiro atoms. The maximum atomic E-state index is 11.8. The minimum Gasteiger partial charge on any atom is -0.444 e. The van der Waals surface area contributed by atoms with E-state index in [-0.39, 0.29) is 0 Å². The predicted octanol–water partition coefficient (Wildman–Crippen LogP) is 4.29. The topological polar surface area (TPSA) is 38.3 Å². The molecule has 98 valence electrons. The minimum atomic E-state index is -0.503. The van der Waals surface area contributed by atoms with Crippen LogP contribution in [-0.4, -0.2) is 11.7 Å². The average Bonchev–Trinajstić information content (AvgIpc) is 2.18. The smallest absolute Gasteiger partial charge is 0.412 e. The van der Waals surface area contributed by atoms with Gasteiger partial charge in [0.1, 0.15) is 5.60 Å². The summed E-state index contributed by atoms with van der Waals surface area (Å²) in [6, 6.07) is 3.99. The molecule has 1 amide bonds. The number of carbonyl (C=O) groups is 1. The summed E-state index contributed by atoms with van der Waals surface area (Å²) < 4.78 is 5.24. The van der Waals surface area contributed by atoms with E-state index in [1.807, 2.05) is 46.8 Å². The average molecular weight is 247 g/mol. The first-order valence-corrected chi connectivity index (χ1v) is 5.96. The van der Waals surface area contributed by atoms with Gasteiger partial charge < -0.3 is 4.74 Å². The zero-order valence-corrected chi connectivity index (χ0v) is 11.8. The lowest BCUT2D eigenvalue weighted by Gasteiger charge is -2.21. The third-order valence-electron chi connectivity index (χ3n) is 2.36. The fourth-order valence-electron chi connectivity index (χ4n) is 1.74. The van der Waals surface area contributed by atoms with E-state index in [2.05, 4.69) is 11.9 Å². The summed E-state index contributed by atoms with van der Waals surface area (Å²) in [5.41, 5.74) is 3.29. The Balaban J connectivity index is 2.97. The fourth-order valence-corrected chi connectivity index (χ4v) is 1.74. The Labute approximate surface area is 109 Å². The SMILES string of the molecule is C=Cc1cc(C)cc(C)c1NC(=O)OC(C)(C)C. The Hall–Kier alpha value is -1.77. The molecule has 1 aromatic rings. The lowest BCUT2D eigenvalue weighted by molar-refractivity contribution is 0.0636. The molecule has 3 heteroatoms. The van der Waals surface area contributed by atoms with Gasteiger partial charge in [-0.25, -0.2) is 4.79 Å². The number of anilines is 1. The second-order valence-electron chi connectivity index (χ2n) is 5.38. The molecule has 0 radical (unpaired) electrons. The molecule has 0 heterocycles. The van der Waals surface area contributed by atoms with E-state index in [1.54, 1.807) is 6.08 Å². The van der Waals surface area contributed by atoms with E-state index in [4.69, 9.17) is 4.74 Å². The van der Waals surface area contributed by atoms with Crippen LogP contribution < -0.4 is 5.32 Å². The quantitative estimate of drug-likeness (QED) is 0.846. The molecule has 0 saturated heterocycles. The molecule has 0 aromatic heterocycles. The molecule has 0 aliphatic rings. The summed E-state index contributed by atoms with van der Waals surface area (Å²) >= 11 is 0. The number of amides is 1. The number of nitrogens with one attached hydrogen (secondary N) is 1. The highest BCUT2D eigenvalue weighted by atomic mass is 16.6. The molecule has 18 heavy (non-hydrogen) atoms. The van der Waals surface area contributed by atoms with Crippen molar-refractivity contribution in [3.8, 4) is 0 Å². The Morgan fingerprint density at radius 2 is 1.94 bits per heavy atom. The van der Waals surface area contributed by atoms with Crippen LogP contribution in [0.5, 0.6) is 0 Å². The number of benzene rings is 1. The van der Waals surface area contributed by atoms with E-state index < -0.39 is 11.7 Å². The van der Waals surface area contributed by atoms with Gasteiger partial charge in [-0.15, -0.1) is 0 Å². The zero-order chi connectivity index (χ0) is 13.9. The van der Waals surface area contributed by atoms with Gasteiger partial charge in [0.05, 0.1) is 5.69 Å². The number of aryl methyl sites for hydroxylation is 2. The molecule has 0 bridgehead atoms. The number of rotatable bonds is 2. The van der Waals surface area contributed by atoms with Crippen molar-refractivity contribution in [2.24, 2.45) is 0 Å². The lowest BCUT2D eigenvalue weighted by atomic mass is 10.0. The standard InChI is InChI=1S/C15H21NO2/c1-7-12-9-10(2)8-11(3)13(12)16-14(17)18-15(4,5)6/h7-9H,1H2,2-6H3,(H,16,17). The van der Waals surface area contributed by atoms with Crippen molar-refractivity contribution in [3.05, 3.63) is 35.4 Å². The fraction of sp³-hybridized carbons (Fsp3) is 0.400. The molecule has 1 rings (SSSR count). The highest BCUT2D eigenvalue weighted by Gasteiger charge is 2.17. The number of hydrogen-bond acceptors (Lipinski definition) is 2. The van der Waals surface area contributed by atoms with Gasteiger partial charge in [0.2, 0.25) is 0 Å². The van der Waals surface area contributed by atoms with Crippen molar-refractivity contribution in [1.29, 1.82) is 0 Å². The van der Waals surface area contributed by atoms with Crippen molar-refractivity contribution >= 4 is 17.9 Å². The Bertz CT molecular complexity index is 470. The van der Waals surface area contributed by atoms with E-state index in [0.717, 1.165) is 22.4 Å². The lowest BCUT2D eigenvalue weighted by Crippen LogP contribution is -2.27. The number of hydrogen-bond donors (Lipinski definition) is 1. The van der Waals surface area contributed by atoms with Crippen molar-refractivity contribution in [2.45, 2.75) is 40.2 Å². The van der Waals surface area contributed by atoms with Crippen LogP contribution in [0, 0.1) is 13.8 Å².